The lowest BCUT2D eigenvalue weighted by Gasteiger charge is -2.13. The molecule has 0 spiro atoms. The van der Waals surface area contributed by atoms with Gasteiger partial charge in [-0.05, 0) is 22.3 Å². The van der Waals surface area contributed by atoms with Gasteiger partial charge < -0.3 is 10.6 Å². The molecule has 2 aromatic carbocycles. The number of benzene rings is 2. The van der Waals surface area contributed by atoms with E-state index >= 15 is 0 Å². The van der Waals surface area contributed by atoms with E-state index in [2.05, 4.69) is 41.0 Å². The molecule has 1 fully saturated rings. The van der Waals surface area contributed by atoms with Crippen molar-refractivity contribution in [1.82, 2.24) is 10.6 Å². The number of amides is 2. The van der Waals surface area contributed by atoms with Crippen LogP contribution in [0.4, 0.5) is 0 Å². The normalized spacial score (nSPS) is 16.7. The third-order valence-electron chi connectivity index (χ3n) is 4.49. The molecule has 1 aliphatic rings. The minimum atomic E-state index is 0.0542. The van der Waals surface area contributed by atoms with Crippen LogP contribution in [0.15, 0.2) is 48.5 Å². The average Bonchev–Trinajstić information content (AvgIpc) is 3.06. The fraction of sp³-hybridized carbons (Fsp3) is 0.300. The molecule has 0 bridgehead atoms. The summed E-state index contributed by atoms with van der Waals surface area (Å²) in [6, 6.07) is 16.5. The SMILES string of the molecule is CCC(=O)NCc1ccccc1-c1ccc(C2CNC(=O)C2)cc1. The van der Waals surface area contributed by atoms with Gasteiger partial charge >= 0.3 is 0 Å². The summed E-state index contributed by atoms with van der Waals surface area (Å²) in [6.07, 6.45) is 1.06. The summed E-state index contributed by atoms with van der Waals surface area (Å²) in [4.78, 5) is 22.9. The van der Waals surface area contributed by atoms with Crippen molar-refractivity contribution in [2.75, 3.05) is 6.54 Å². The van der Waals surface area contributed by atoms with E-state index < -0.39 is 0 Å². The Bertz CT molecular complexity index is 738. The third kappa shape index (κ3) is 3.65. The molecule has 1 unspecified atom stereocenters. The van der Waals surface area contributed by atoms with Gasteiger partial charge in [0.2, 0.25) is 11.8 Å². The van der Waals surface area contributed by atoms with Crippen molar-refractivity contribution in [3.8, 4) is 11.1 Å². The van der Waals surface area contributed by atoms with Crippen LogP contribution in [-0.2, 0) is 16.1 Å². The van der Waals surface area contributed by atoms with Crippen molar-refractivity contribution in [1.29, 1.82) is 0 Å². The number of hydrogen-bond acceptors (Lipinski definition) is 2. The van der Waals surface area contributed by atoms with Crippen LogP contribution < -0.4 is 10.6 Å². The minimum Gasteiger partial charge on any atom is -0.355 e. The quantitative estimate of drug-likeness (QED) is 0.889. The lowest BCUT2D eigenvalue weighted by atomic mass is 9.94. The first-order chi connectivity index (χ1) is 11.7. The van der Waals surface area contributed by atoms with Gasteiger partial charge in [-0.1, -0.05) is 55.5 Å². The summed E-state index contributed by atoms with van der Waals surface area (Å²) < 4.78 is 0. The predicted molar refractivity (Wildman–Crippen MR) is 94.4 cm³/mol. The van der Waals surface area contributed by atoms with Crippen molar-refractivity contribution in [3.05, 3.63) is 59.7 Å². The molecule has 0 aliphatic carbocycles. The van der Waals surface area contributed by atoms with Gasteiger partial charge in [-0.25, -0.2) is 0 Å². The van der Waals surface area contributed by atoms with E-state index in [0.29, 0.717) is 19.4 Å². The molecule has 4 heteroatoms. The molecule has 0 saturated carbocycles. The molecule has 2 amide bonds. The Balaban J connectivity index is 1.79. The van der Waals surface area contributed by atoms with Crippen LogP contribution in [0.25, 0.3) is 11.1 Å². The van der Waals surface area contributed by atoms with Crippen LogP contribution in [0.3, 0.4) is 0 Å². The first-order valence-corrected chi connectivity index (χ1v) is 8.39. The molecule has 124 valence electrons. The molecular weight excluding hydrogens is 300 g/mol. The lowest BCUT2D eigenvalue weighted by Crippen LogP contribution is -2.21. The van der Waals surface area contributed by atoms with Crippen molar-refractivity contribution >= 4 is 11.8 Å². The summed E-state index contributed by atoms with van der Waals surface area (Å²) in [5.41, 5.74) is 4.54. The third-order valence-corrected chi connectivity index (χ3v) is 4.49. The Kier molecular flexibility index (Phi) is 4.94. The first kappa shape index (κ1) is 16.2. The molecule has 2 aromatic rings. The van der Waals surface area contributed by atoms with Gasteiger partial charge in [0.15, 0.2) is 0 Å². The van der Waals surface area contributed by atoms with E-state index in [-0.39, 0.29) is 17.7 Å². The highest BCUT2D eigenvalue weighted by molar-refractivity contribution is 5.79. The van der Waals surface area contributed by atoms with Gasteiger partial charge in [0.05, 0.1) is 0 Å². The smallest absolute Gasteiger partial charge is 0.220 e. The summed E-state index contributed by atoms with van der Waals surface area (Å²) in [5, 5.41) is 5.81. The molecule has 4 nitrogen and oxygen atoms in total. The van der Waals surface area contributed by atoms with E-state index in [1.807, 2.05) is 25.1 Å². The maximum atomic E-state index is 11.5. The molecule has 1 aliphatic heterocycles. The largest absolute Gasteiger partial charge is 0.355 e. The van der Waals surface area contributed by atoms with Crippen molar-refractivity contribution in [2.45, 2.75) is 32.2 Å². The van der Waals surface area contributed by atoms with Crippen LogP contribution in [-0.4, -0.2) is 18.4 Å². The van der Waals surface area contributed by atoms with Crippen LogP contribution >= 0.6 is 0 Å². The molecule has 1 atom stereocenters. The Morgan fingerprint density at radius 1 is 1.17 bits per heavy atom. The van der Waals surface area contributed by atoms with E-state index in [0.717, 1.165) is 23.2 Å². The Labute approximate surface area is 142 Å². The minimum absolute atomic E-state index is 0.0542. The number of carbonyl (C=O) groups excluding carboxylic acids is 2. The summed E-state index contributed by atoms with van der Waals surface area (Å²) in [7, 11) is 0. The molecule has 1 heterocycles. The number of rotatable bonds is 5. The zero-order valence-electron chi connectivity index (χ0n) is 13.8. The van der Waals surface area contributed by atoms with Crippen molar-refractivity contribution in [3.63, 3.8) is 0 Å². The molecular formula is C20H22N2O2. The van der Waals surface area contributed by atoms with Gasteiger partial charge in [0.25, 0.3) is 0 Å². The summed E-state index contributed by atoms with van der Waals surface area (Å²) >= 11 is 0. The first-order valence-electron chi connectivity index (χ1n) is 8.39. The standard InChI is InChI=1S/C20H22N2O2/c1-2-19(23)21-12-16-5-3-4-6-18(16)15-9-7-14(8-10-15)17-11-20(24)22-13-17/h3-10,17H,2,11-13H2,1H3,(H,21,23)(H,22,24). The highest BCUT2D eigenvalue weighted by atomic mass is 16.2. The maximum absolute atomic E-state index is 11.5. The topological polar surface area (TPSA) is 58.2 Å². The van der Waals surface area contributed by atoms with Gasteiger partial charge in [0.1, 0.15) is 0 Å². The highest BCUT2D eigenvalue weighted by Gasteiger charge is 2.22. The zero-order valence-corrected chi connectivity index (χ0v) is 13.8. The zero-order chi connectivity index (χ0) is 16.9. The monoisotopic (exact) mass is 322 g/mol. The highest BCUT2D eigenvalue weighted by Crippen LogP contribution is 2.28. The second-order valence-electron chi connectivity index (χ2n) is 6.11. The Morgan fingerprint density at radius 2 is 1.92 bits per heavy atom. The molecule has 2 N–H and O–H groups in total. The van der Waals surface area contributed by atoms with E-state index in [9.17, 15) is 9.59 Å². The van der Waals surface area contributed by atoms with Gasteiger partial charge in [-0.3, -0.25) is 9.59 Å². The molecule has 0 radical (unpaired) electrons. The van der Waals surface area contributed by atoms with E-state index in [1.165, 1.54) is 5.56 Å². The Morgan fingerprint density at radius 3 is 2.58 bits per heavy atom. The maximum Gasteiger partial charge on any atom is 0.220 e. The van der Waals surface area contributed by atoms with Crippen LogP contribution in [0.1, 0.15) is 36.8 Å². The second-order valence-corrected chi connectivity index (χ2v) is 6.11. The average molecular weight is 322 g/mol. The summed E-state index contributed by atoms with van der Waals surface area (Å²) in [6.45, 7) is 3.10. The van der Waals surface area contributed by atoms with Crippen molar-refractivity contribution in [2.24, 2.45) is 0 Å². The van der Waals surface area contributed by atoms with Gasteiger partial charge in [-0.15, -0.1) is 0 Å². The Hall–Kier alpha value is -2.62. The van der Waals surface area contributed by atoms with Crippen LogP contribution in [0, 0.1) is 0 Å². The van der Waals surface area contributed by atoms with Crippen molar-refractivity contribution < 1.29 is 9.59 Å². The fourth-order valence-corrected chi connectivity index (χ4v) is 3.05. The lowest BCUT2D eigenvalue weighted by molar-refractivity contribution is -0.121. The number of hydrogen-bond donors (Lipinski definition) is 2. The molecule has 0 aromatic heterocycles. The van der Waals surface area contributed by atoms with Gasteiger partial charge in [0, 0.05) is 31.8 Å². The van der Waals surface area contributed by atoms with E-state index in [4.69, 9.17) is 0 Å². The van der Waals surface area contributed by atoms with Crippen LogP contribution in [0.2, 0.25) is 0 Å². The van der Waals surface area contributed by atoms with E-state index in [1.54, 1.807) is 0 Å². The molecule has 24 heavy (non-hydrogen) atoms. The van der Waals surface area contributed by atoms with Crippen LogP contribution in [0.5, 0.6) is 0 Å². The predicted octanol–water partition coefficient (Wildman–Crippen LogP) is 2.98. The molecule has 3 rings (SSSR count). The fourth-order valence-electron chi connectivity index (χ4n) is 3.05. The molecule has 1 saturated heterocycles. The number of carbonyl (C=O) groups is 2. The van der Waals surface area contributed by atoms with Gasteiger partial charge in [-0.2, -0.15) is 0 Å². The number of nitrogens with one attached hydrogen (secondary N) is 2. The second kappa shape index (κ2) is 7.30. The summed E-state index contributed by atoms with van der Waals surface area (Å²) in [5.74, 6) is 0.449.